The van der Waals surface area contributed by atoms with Gasteiger partial charge < -0.3 is 25.7 Å². The van der Waals surface area contributed by atoms with E-state index in [-0.39, 0.29) is 54.9 Å². The van der Waals surface area contributed by atoms with Crippen molar-refractivity contribution in [3.63, 3.8) is 0 Å². The highest BCUT2D eigenvalue weighted by atomic mass is 32.1. The van der Waals surface area contributed by atoms with Crippen LogP contribution < -0.4 is 10.6 Å². The number of β-amino-alcohol motifs (C(OH)–C–C–N with tert-alkyl or cyclic N) is 1. The van der Waals surface area contributed by atoms with Gasteiger partial charge in [-0.2, -0.15) is 10.2 Å². The summed E-state index contributed by atoms with van der Waals surface area (Å²) in [6.45, 7) is 10.6. The number of para-hydroxylation sites is 1. The Hall–Kier alpha value is -5.57. The molecule has 2 aliphatic heterocycles. The van der Waals surface area contributed by atoms with Crippen molar-refractivity contribution in [1.82, 2.24) is 35.6 Å². The van der Waals surface area contributed by atoms with Crippen molar-refractivity contribution in [2.24, 2.45) is 5.41 Å². The standard InChI is InChI=1S/C46H52FN7O5S/c1-27(29-10-12-31(13-11-29)42-28(2)48-26-60-42)50-44(58)39-22-34(55)24-54(39)45(59)43(46(3,4)5)51-41(57)25-53-18-16-30(17-19-53)35-15-14-32(20-37(35)47)33-21-38(52-49-23-33)36-8-6-7-9-40(36)56/h6-15,20-21,23,26-27,30,34,39,43,55-56H,16-19,22,24-25H2,1-5H3,(H,50,58)(H,51,57)/t27?,34-,39+,43?/m1/s1. The molecule has 314 valence electrons. The van der Waals surface area contributed by atoms with Crippen LogP contribution in [0.1, 0.15) is 75.7 Å². The van der Waals surface area contributed by atoms with E-state index in [1.54, 1.807) is 47.9 Å². The molecule has 14 heteroatoms. The zero-order valence-corrected chi connectivity index (χ0v) is 35.4. The first-order valence-corrected chi connectivity index (χ1v) is 21.3. The summed E-state index contributed by atoms with van der Waals surface area (Å²) in [6.07, 6.45) is 2.08. The van der Waals surface area contributed by atoms with Crippen LogP contribution in [0, 0.1) is 18.2 Å². The number of phenols is 1. The maximum absolute atomic E-state index is 15.7. The normalized spacial score (nSPS) is 18.6. The Labute approximate surface area is 353 Å². The van der Waals surface area contributed by atoms with E-state index >= 15 is 4.39 Å². The Balaban J connectivity index is 0.937. The van der Waals surface area contributed by atoms with Crippen molar-refractivity contribution in [2.75, 3.05) is 26.2 Å². The number of benzene rings is 3. The van der Waals surface area contributed by atoms with Crippen LogP contribution in [-0.2, 0) is 14.4 Å². The number of amides is 3. The Morgan fingerprint density at radius 2 is 1.68 bits per heavy atom. The van der Waals surface area contributed by atoms with Crippen molar-refractivity contribution in [1.29, 1.82) is 0 Å². The van der Waals surface area contributed by atoms with Crippen LogP contribution >= 0.6 is 11.3 Å². The summed E-state index contributed by atoms with van der Waals surface area (Å²) in [4.78, 5) is 50.3. The fraction of sp³-hybridized carbons (Fsp3) is 0.391. The lowest BCUT2D eigenvalue weighted by molar-refractivity contribution is -0.144. The molecule has 4 atom stereocenters. The van der Waals surface area contributed by atoms with Crippen molar-refractivity contribution >= 4 is 29.1 Å². The summed E-state index contributed by atoms with van der Waals surface area (Å²) in [6, 6.07) is 19.6. The summed E-state index contributed by atoms with van der Waals surface area (Å²) in [5, 5.41) is 35.2. The van der Waals surface area contributed by atoms with E-state index in [2.05, 4.69) is 25.8 Å². The van der Waals surface area contributed by atoms with Gasteiger partial charge in [0.1, 0.15) is 23.7 Å². The molecular formula is C46H52FN7O5S. The second-order valence-electron chi connectivity index (χ2n) is 17.0. The molecule has 12 nitrogen and oxygen atoms in total. The lowest BCUT2D eigenvalue weighted by Crippen LogP contribution is -2.59. The van der Waals surface area contributed by atoms with E-state index in [1.807, 2.05) is 81.4 Å². The summed E-state index contributed by atoms with van der Waals surface area (Å²) in [5.41, 5.74) is 6.99. The summed E-state index contributed by atoms with van der Waals surface area (Å²) >= 11 is 1.57. The SMILES string of the molecule is Cc1ncsc1-c1ccc(C(C)NC(=O)[C@@H]2C[C@@H](O)CN2C(=O)C(NC(=O)CN2CCC(c3ccc(-c4cnnc(-c5ccccc5O)c4)cc3F)CC2)C(C)(C)C)cc1. The number of carbonyl (C=O) groups is 3. The molecule has 0 spiro atoms. The number of piperidine rings is 1. The van der Waals surface area contributed by atoms with Gasteiger partial charge in [0, 0.05) is 24.1 Å². The fourth-order valence-corrected chi connectivity index (χ4v) is 9.02. The molecule has 7 rings (SSSR count). The number of nitrogens with zero attached hydrogens (tertiary/aromatic N) is 5. The van der Waals surface area contributed by atoms with Crippen LogP contribution in [0.4, 0.5) is 4.39 Å². The number of likely N-dealkylation sites (tertiary alicyclic amines) is 2. The predicted molar refractivity (Wildman–Crippen MR) is 229 cm³/mol. The molecule has 0 aliphatic carbocycles. The zero-order chi connectivity index (χ0) is 42.7. The van der Waals surface area contributed by atoms with Crippen LogP contribution in [-0.4, -0.2) is 97.3 Å². The van der Waals surface area contributed by atoms with E-state index in [1.165, 1.54) is 11.0 Å². The lowest BCUT2D eigenvalue weighted by Gasteiger charge is -2.36. The smallest absolute Gasteiger partial charge is 0.246 e. The second-order valence-corrected chi connectivity index (χ2v) is 17.9. The number of nitrogens with one attached hydrogen (secondary N) is 2. The average Bonchev–Trinajstić information content (AvgIpc) is 3.85. The van der Waals surface area contributed by atoms with Gasteiger partial charge in [-0.1, -0.05) is 69.3 Å². The number of aryl methyl sites for hydroxylation is 1. The molecular weight excluding hydrogens is 782 g/mol. The quantitative estimate of drug-likeness (QED) is 0.115. The van der Waals surface area contributed by atoms with Gasteiger partial charge in [-0.3, -0.25) is 19.3 Å². The largest absolute Gasteiger partial charge is 0.507 e. The number of hydrogen-bond acceptors (Lipinski definition) is 10. The number of thiazole rings is 1. The van der Waals surface area contributed by atoms with Crippen LogP contribution in [0.15, 0.2) is 84.5 Å². The Morgan fingerprint density at radius 3 is 2.35 bits per heavy atom. The number of hydrogen-bond donors (Lipinski definition) is 4. The van der Waals surface area contributed by atoms with Gasteiger partial charge in [0.2, 0.25) is 17.7 Å². The van der Waals surface area contributed by atoms with Gasteiger partial charge in [0.25, 0.3) is 0 Å². The number of aromatic nitrogens is 3. The maximum Gasteiger partial charge on any atom is 0.246 e. The number of aliphatic hydroxyl groups is 1. The summed E-state index contributed by atoms with van der Waals surface area (Å²) < 4.78 is 15.7. The van der Waals surface area contributed by atoms with Crippen LogP contribution in [0.25, 0.3) is 32.8 Å². The Bertz CT molecular complexity index is 2340. The van der Waals surface area contributed by atoms with Crippen LogP contribution in [0.2, 0.25) is 0 Å². The first-order chi connectivity index (χ1) is 28.7. The Kier molecular flexibility index (Phi) is 12.7. The van der Waals surface area contributed by atoms with Gasteiger partial charge in [-0.25, -0.2) is 9.37 Å². The molecule has 2 aliphatic rings. The highest BCUT2D eigenvalue weighted by Gasteiger charge is 2.45. The molecule has 0 saturated carbocycles. The van der Waals surface area contributed by atoms with E-state index in [9.17, 15) is 24.6 Å². The minimum atomic E-state index is -0.944. The monoisotopic (exact) mass is 833 g/mol. The molecule has 5 aromatic rings. The van der Waals surface area contributed by atoms with E-state index < -0.39 is 29.5 Å². The fourth-order valence-electron chi connectivity index (χ4n) is 8.21. The third-order valence-corrected chi connectivity index (χ3v) is 12.6. The summed E-state index contributed by atoms with van der Waals surface area (Å²) in [7, 11) is 0. The van der Waals surface area contributed by atoms with Gasteiger partial charge >= 0.3 is 0 Å². The predicted octanol–water partition coefficient (Wildman–Crippen LogP) is 6.64. The second kappa shape index (κ2) is 18.0. The van der Waals surface area contributed by atoms with E-state index in [4.69, 9.17) is 0 Å². The number of halogens is 1. The lowest BCUT2D eigenvalue weighted by atomic mass is 9.85. The zero-order valence-electron chi connectivity index (χ0n) is 34.6. The first kappa shape index (κ1) is 42.6. The summed E-state index contributed by atoms with van der Waals surface area (Å²) in [5.74, 6) is -1.37. The van der Waals surface area contributed by atoms with Crippen molar-refractivity contribution < 1.29 is 29.0 Å². The van der Waals surface area contributed by atoms with Crippen LogP contribution in [0.3, 0.4) is 0 Å². The number of aliphatic hydroxyl groups excluding tert-OH is 1. The van der Waals surface area contributed by atoms with Crippen molar-refractivity contribution in [3.8, 4) is 38.6 Å². The van der Waals surface area contributed by atoms with Gasteiger partial charge in [-0.05, 0) is 97.6 Å². The molecule has 2 unspecified atom stereocenters. The molecule has 3 aromatic carbocycles. The molecule has 60 heavy (non-hydrogen) atoms. The minimum Gasteiger partial charge on any atom is -0.507 e. The average molecular weight is 834 g/mol. The number of carbonyl (C=O) groups excluding carboxylic acids is 3. The maximum atomic E-state index is 15.7. The molecule has 2 aromatic heterocycles. The number of aromatic hydroxyl groups is 1. The third-order valence-electron chi connectivity index (χ3n) is 11.6. The molecule has 3 amide bonds. The van der Waals surface area contributed by atoms with Crippen molar-refractivity contribution in [2.45, 2.75) is 84.0 Å². The van der Waals surface area contributed by atoms with Crippen LogP contribution in [0.5, 0.6) is 5.75 Å². The van der Waals surface area contributed by atoms with Crippen molar-refractivity contribution in [3.05, 3.63) is 107 Å². The van der Waals surface area contributed by atoms with Gasteiger partial charge in [0.15, 0.2) is 0 Å². The molecule has 2 fully saturated rings. The molecule has 4 N–H and O–H groups in total. The highest BCUT2D eigenvalue weighted by Crippen LogP contribution is 2.35. The molecule has 4 heterocycles. The highest BCUT2D eigenvalue weighted by molar-refractivity contribution is 7.13. The van der Waals surface area contributed by atoms with Gasteiger partial charge in [0.05, 0.1) is 46.7 Å². The Morgan fingerprint density at radius 1 is 0.967 bits per heavy atom. The topological polar surface area (TPSA) is 161 Å². The molecule has 0 radical (unpaired) electrons. The first-order valence-electron chi connectivity index (χ1n) is 20.4. The van der Waals surface area contributed by atoms with E-state index in [0.717, 1.165) is 21.7 Å². The minimum absolute atomic E-state index is 0.0135. The van der Waals surface area contributed by atoms with Gasteiger partial charge in [-0.15, -0.1) is 11.3 Å². The molecule has 0 bridgehead atoms. The third kappa shape index (κ3) is 9.56. The number of phenolic OH excluding ortho intramolecular Hbond substituents is 1. The molecule has 2 saturated heterocycles. The van der Waals surface area contributed by atoms with E-state index in [0.29, 0.717) is 53.9 Å². The number of rotatable bonds is 11.